The standard InChI is InChI=1S/C15H19N5O5/c1-10(14(22)16-8-11-4-3-7-25-11)17-15(23)18-12-5-6-20(19-12)9-13(21)24-2/h3-7,10H,8-9H2,1-2H3,(H,16,22)(H2,17,18,19,23)/t10-/m1/s1. The summed E-state index contributed by atoms with van der Waals surface area (Å²) in [5, 5.41) is 11.6. The zero-order valence-corrected chi connectivity index (χ0v) is 13.8. The van der Waals surface area contributed by atoms with Crippen LogP contribution in [0.15, 0.2) is 35.1 Å². The quantitative estimate of drug-likeness (QED) is 0.624. The predicted octanol–water partition coefficient (Wildman–Crippen LogP) is 0.475. The largest absolute Gasteiger partial charge is 0.468 e. The zero-order valence-electron chi connectivity index (χ0n) is 13.8. The topological polar surface area (TPSA) is 127 Å². The Morgan fingerprint density at radius 3 is 2.84 bits per heavy atom. The number of carbonyl (C=O) groups is 3. The van der Waals surface area contributed by atoms with Crippen LogP contribution in [0.1, 0.15) is 12.7 Å². The van der Waals surface area contributed by atoms with E-state index in [0.29, 0.717) is 5.76 Å². The van der Waals surface area contributed by atoms with Crippen LogP contribution in [-0.4, -0.2) is 40.8 Å². The Morgan fingerprint density at radius 2 is 2.16 bits per heavy atom. The van der Waals surface area contributed by atoms with Gasteiger partial charge in [-0.1, -0.05) is 0 Å². The Balaban J connectivity index is 1.76. The van der Waals surface area contributed by atoms with Crippen molar-refractivity contribution in [2.24, 2.45) is 0 Å². The second kappa shape index (κ2) is 8.52. The van der Waals surface area contributed by atoms with Gasteiger partial charge in [0, 0.05) is 12.3 Å². The van der Waals surface area contributed by atoms with E-state index in [9.17, 15) is 14.4 Å². The van der Waals surface area contributed by atoms with Gasteiger partial charge in [0.2, 0.25) is 5.91 Å². The molecule has 2 heterocycles. The molecule has 0 bridgehead atoms. The summed E-state index contributed by atoms with van der Waals surface area (Å²) in [5.41, 5.74) is 0. The monoisotopic (exact) mass is 349 g/mol. The van der Waals surface area contributed by atoms with Gasteiger partial charge >= 0.3 is 12.0 Å². The van der Waals surface area contributed by atoms with Gasteiger partial charge in [0.05, 0.1) is 19.9 Å². The maximum atomic E-state index is 11.9. The van der Waals surface area contributed by atoms with Crippen LogP contribution in [0.4, 0.5) is 10.6 Å². The molecule has 10 heteroatoms. The minimum atomic E-state index is -0.757. The second-order valence-corrected chi connectivity index (χ2v) is 5.09. The number of anilines is 1. The first-order valence-corrected chi connectivity index (χ1v) is 7.46. The lowest BCUT2D eigenvalue weighted by molar-refractivity contribution is -0.141. The number of carbonyl (C=O) groups excluding carboxylic acids is 3. The molecule has 3 N–H and O–H groups in total. The molecule has 134 valence electrons. The molecule has 0 unspecified atom stereocenters. The number of nitrogens with one attached hydrogen (secondary N) is 3. The Labute approximate surface area is 143 Å². The number of furan rings is 1. The van der Waals surface area contributed by atoms with Gasteiger partial charge in [-0.3, -0.25) is 19.6 Å². The first kappa shape index (κ1) is 18.0. The zero-order chi connectivity index (χ0) is 18.2. The van der Waals surface area contributed by atoms with Crippen molar-refractivity contribution in [1.29, 1.82) is 0 Å². The van der Waals surface area contributed by atoms with E-state index in [1.165, 1.54) is 30.3 Å². The molecule has 0 aliphatic heterocycles. The number of esters is 1. The Morgan fingerprint density at radius 1 is 1.36 bits per heavy atom. The molecule has 0 saturated carbocycles. The van der Waals surface area contributed by atoms with Gasteiger partial charge in [-0.15, -0.1) is 0 Å². The highest BCUT2D eigenvalue weighted by molar-refractivity contribution is 5.92. The molecule has 2 aromatic rings. The number of methoxy groups -OCH3 is 1. The van der Waals surface area contributed by atoms with Crippen molar-refractivity contribution in [2.45, 2.75) is 26.1 Å². The minimum absolute atomic E-state index is 0.0641. The lowest BCUT2D eigenvalue weighted by atomic mass is 10.3. The fourth-order valence-electron chi connectivity index (χ4n) is 1.87. The summed E-state index contributed by atoms with van der Waals surface area (Å²) < 4.78 is 10.9. The molecule has 0 aliphatic rings. The smallest absolute Gasteiger partial charge is 0.327 e. The molecule has 1 atom stereocenters. The first-order chi connectivity index (χ1) is 12.0. The van der Waals surface area contributed by atoms with Gasteiger partial charge in [-0.2, -0.15) is 5.10 Å². The molecule has 0 spiro atoms. The van der Waals surface area contributed by atoms with Crippen LogP contribution in [0, 0.1) is 0 Å². The van der Waals surface area contributed by atoms with Crippen molar-refractivity contribution >= 4 is 23.7 Å². The van der Waals surface area contributed by atoms with Crippen molar-refractivity contribution in [1.82, 2.24) is 20.4 Å². The van der Waals surface area contributed by atoms with Gasteiger partial charge in [-0.25, -0.2) is 4.79 Å². The van der Waals surface area contributed by atoms with E-state index in [1.807, 2.05) is 0 Å². The van der Waals surface area contributed by atoms with Crippen LogP contribution in [0.25, 0.3) is 0 Å². The summed E-state index contributed by atoms with van der Waals surface area (Å²) in [4.78, 5) is 35.0. The SMILES string of the molecule is COC(=O)Cn1ccc(NC(=O)N[C@H](C)C(=O)NCc2ccco2)n1. The Bertz CT molecular complexity index is 725. The van der Waals surface area contributed by atoms with Crippen molar-refractivity contribution in [3.05, 3.63) is 36.4 Å². The van der Waals surface area contributed by atoms with Crippen molar-refractivity contribution < 1.29 is 23.5 Å². The van der Waals surface area contributed by atoms with E-state index in [4.69, 9.17) is 4.42 Å². The normalized spacial score (nSPS) is 11.4. The third-order valence-electron chi connectivity index (χ3n) is 3.16. The van der Waals surface area contributed by atoms with Crippen LogP contribution in [0.2, 0.25) is 0 Å². The van der Waals surface area contributed by atoms with Gasteiger partial charge in [-0.05, 0) is 19.1 Å². The number of aromatic nitrogens is 2. The fourth-order valence-corrected chi connectivity index (χ4v) is 1.87. The number of amides is 3. The molecule has 10 nitrogen and oxygen atoms in total. The summed E-state index contributed by atoms with van der Waals surface area (Å²) in [6.07, 6.45) is 3.03. The average molecular weight is 349 g/mol. The van der Waals surface area contributed by atoms with E-state index in [-0.39, 0.29) is 24.8 Å². The molecule has 25 heavy (non-hydrogen) atoms. The van der Waals surface area contributed by atoms with E-state index in [0.717, 1.165) is 0 Å². The molecule has 2 rings (SSSR count). The number of hydrogen-bond acceptors (Lipinski definition) is 6. The van der Waals surface area contributed by atoms with E-state index < -0.39 is 18.0 Å². The number of urea groups is 1. The summed E-state index contributed by atoms with van der Waals surface area (Å²) >= 11 is 0. The van der Waals surface area contributed by atoms with Crippen molar-refractivity contribution in [3.8, 4) is 0 Å². The van der Waals surface area contributed by atoms with Crippen LogP contribution >= 0.6 is 0 Å². The Hall–Kier alpha value is -3.30. The summed E-state index contributed by atoms with van der Waals surface area (Å²) in [5.74, 6) is 0.0365. The lowest BCUT2D eigenvalue weighted by Crippen LogP contribution is -2.46. The molecular weight excluding hydrogens is 330 g/mol. The molecule has 2 aromatic heterocycles. The summed E-state index contributed by atoms with van der Waals surface area (Å²) in [7, 11) is 1.27. The molecular formula is C15H19N5O5. The van der Waals surface area contributed by atoms with Gasteiger partial charge in [0.15, 0.2) is 5.82 Å². The van der Waals surface area contributed by atoms with Crippen molar-refractivity contribution in [2.75, 3.05) is 12.4 Å². The number of hydrogen-bond donors (Lipinski definition) is 3. The molecule has 3 amide bonds. The van der Waals surface area contributed by atoms with Crippen LogP contribution < -0.4 is 16.0 Å². The molecule has 0 aliphatic carbocycles. The Kier molecular flexibility index (Phi) is 6.15. The fraction of sp³-hybridized carbons (Fsp3) is 0.333. The van der Waals surface area contributed by atoms with Crippen LogP contribution in [-0.2, 0) is 27.4 Å². The van der Waals surface area contributed by atoms with E-state index in [1.54, 1.807) is 19.1 Å². The van der Waals surface area contributed by atoms with E-state index in [2.05, 4.69) is 25.8 Å². The molecule has 0 fully saturated rings. The predicted molar refractivity (Wildman–Crippen MR) is 86.4 cm³/mol. The summed E-state index contributed by atoms with van der Waals surface area (Å²) in [6.45, 7) is 1.72. The average Bonchev–Trinajstić information content (AvgIpc) is 3.24. The first-order valence-electron chi connectivity index (χ1n) is 7.46. The maximum absolute atomic E-state index is 11.9. The number of ether oxygens (including phenoxy) is 1. The van der Waals surface area contributed by atoms with Gasteiger partial charge in [0.25, 0.3) is 0 Å². The third kappa shape index (κ3) is 5.68. The highest BCUT2D eigenvalue weighted by atomic mass is 16.5. The molecule has 0 radical (unpaired) electrons. The highest BCUT2D eigenvalue weighted by Gasteiger charge is 2.16. The van der Waals surface area contributed by atoms with Crippen LogP contribution in [0.3, 0.4) is 0 Å². The lowest BCUT2D eigenvalue weighted by Gasteiger charge is -2.13. The summed E-state index contributed by atoms with van der Waals surface area (Å²) in [6, 6.07) is 3.62. The van der Waals surface area contributed by atoms with Gasteiger partial charge in [0.1, 0.15) is 18.3 Å². The molecule has 0 saturated heterocycles. The van der Waals surface area contributed by atoms with Crippen molar-refractivity contribution in [3.63, 3.8) is 0 Å². The number of rotatable bonds is 7. The maximum Gasteiger partial charge on any atom is 0.327 e. The highest BCUT2D eigenvalue weighted by Crippen LogP contribution is 2.03. The van der Waals surface area contributed by atoms with E-state index >= 15 is 0 Å². The number of nitrogens with zero attached hydrogens (tertiary/aromatic N) is 2. The third-order valence-corrected chi connectivity index (χ3v) is 3.16. The minimum Gasteiger partial charge on any atom is -0.468 e. The molecule has 0 aromatic carbocycles. The second-order valence-electron chi connectivity index (χ2n) is 5.09. The van der Waals surface area contributed by atoms with Crippen LogP contribution in [0.5, 0.6) is 0 Å². The van der Waals surface area contributed by atoms with Gasteiger partial charge < -0.3 is 19.8 Å².